The molecule has 20 heavy (non-hydrogen) atoms. The van der Waals surface area contributed by atoms with E-state index in [9.17, 15) is 0 Å². The predicted octanol–water partition coefficient (Wildman–Crippen LogP) is 2.64. The van der Waals surface area contributed by atoms with Crippen LogP contribution >= 0.6 is 0 Å². The Hall–Kier alpha value is -3.02. The molecule has 0 bridgehead atoms. The SMILES string of the molecule is c1cnc2c(Nc3ccc4cnncc4c3)n[nH]c2c1. The van der Waals surface area contributed by atoms with Crippen LogP contribution in [-0.2, 0) is 0 Å². The van der Waals surface area contributed by atoms with E-state index < -0.39 is 0 Å². The van der Waals surface area contributed by atoms with Gasteiger partial charge in [0.15, 0.2) is 5.82 Å². The summed E-state index contributed by atoms with van der Waals surface area (Å²) >= 11 is 0. The fourth-order valence-electron chi connectivity index (χ4n) is 2.15. The standard InChI is InChI=1S/C14H10N6/c1-2-12-13(15-5-1)14(20-19-12)18-11-4-3-9-7-16-17-8-10(9)6-11/h1-8H,(H2,18,19,20). The quantitative estimate of drug-likeness (QED) is 0.580. The maximum absolute atomic E-state index is 4.32. The van der Waals surface area contributed by atoms with Gasteiger partial charge in [0.1, 0.15) is 5.52 Å². The van der Waals surface area contributed by atoms with Crippen LogP contribution in [0.4, 0.5) is 11.5 Å². The Morgan fingerprint density at radius 2 is 1.90 bits per heavy atom. The van der Waals surface area contributed by atoms with Gasteiger partial charge < -0.3 is 5.32 Å². The van der Waals surface area contributed by atoms with Gasteiger partial charge in [-0.25, -0.2) is 0 Å². The zero-order valence-corrected chi connectivity index (χ0v) is 10.4. The Balaban J connectivity index is 1.76. The number of aromatic nitrogens is 5. The lowest BCUT2D eigenvalue weighted by atomic mass is 10.2. The molecule has 0 atom stereocenters. The average Bonchev–Trinajstić information content (AvgIpc) is 2.91. The lowest BCUT2D eigenvalue weighted by molar-refractivity contribution is 1.05. The first kappa shape index (κ1) is 10.9. The van der Waals surface area contributed by atoms with Crippen molar-refractivity contribution in [3.05, 3.63) is 48.9 Å². The van der Waals surface area contributed by atoms with E-state index in [2.05, 4.69) is 30.7 Å². The molecule has 0 fully saturated rings. The van der Waals surface area contributed by atoms with Crippen molar-refractivity contribution in [1.82, 2.24) is 25.4 Å². The van der Waals surface area contributed by atoms with Crippen molar-refractivity contribution in [2.75, 3.05) is 5.32 Å². The fraction of sp³-hybridized carbons (Fsp3) is 0. The average molecular weight is 262 g/mol. The topological polar surface area (TPSA) is 79.4 Å². The van der Waals surface area contributed by atoms with Crippen LogP contribution in [0.5, 0.6) is 0 Å². The zero-order chi connectivity index (χ0) is 13.4. The third kappa shape index (κ3) is 1.74. The van der Waals surface area contributed by atoms with E-state index in [0.717, 1.165) is 27.5 Å². The molecular formula is C14H10N6. The maximum Gasteiger partial charge on any atom is 0.178 e. The number of nitrogens with one attached hydrogen (secondary N) is 2. The summed E-state index contributed by atoms with van der Waals surface area (Å²) in [5.74, 6) is 0.710. The van der Waals surface area contributed by atoms with E-state index in [1.807, 2.05) is 30.3 Å². The molecule has 0 aliphatic carbocycles. The molecule has 96 valence electrons. The van der Waals surface area contributed by atoms with Crippen LogP contribution in [0.1, 0.15) is 0 Å². The van der Waals surface area contributed by atoms with Crippen LogP contribution in [0.3, 0.4) is 0 Å². The lowest BCUT2D eigenvalue weighted by Crippen LogP contribution is -1.92. The van der Waals surface area contributed by atoms with Gasteiger partial charge in [-0.2, -0.15) is 15.3 Å². The van der Waals surface area contributed by atoms with E-state index in [1.54, 1.807) is 18.6 Å². The van der Waals surface area contributed by atoms with Gasteiger partial charge in [0.2, 0.25) is 0 Å². The van der Waals surface area contributed by atoms with E-state index >= 15 is 0 Å². The summed E-state index contributed by atoms with van der Waals surface area (Å²) in [6, 6.07) is 9.80. The smallest absolute Gasteiger partial charge is 0.178 e. The summed E-state index contributed by atoms with van der Waals surface area (Å²) in [5.41, 5.74) is 2.66. The van der Waals surface area contributed by atoms with Crippen molar-refractivity contribution in [3.8, 4) is 0 Å². The summed E-state index contributed by atoms with van der Waals surface area (Å²) in [6.07, 6.45) is 5.23. The second-order valence-corrected chi connectivity index (χ2v) is 4.43. The molecule has 0 aliphatic heterocycles. The monoisotopic (exact) mass is 262 g/mol. The summed E-state index contributed by atoms with van der Waals surface area (Å²) in [5, 5.41) is 20.3. The van der Waals surface area contributed by atoms with Gasteiger partial charge >= 0.3 is 0 Å². The number of fused-ring (bicyclic) bond motifs is 2. The van der Waals surface area contributed by atoms with Crippen LogP contribution in [-0.4, -0.2) is 25.4 Å². The molecule has 0 amide bonds. The molecule has 2 N–H and O–H groups in total. The number of pyridine rings is 1. The molecule has 3 aromatic heterocycles. The van der Waals surface area contributed by atoms with Gasteiger partial charge in [-0.3, -0.25) is 10.1 Å². The van der Waals surface area contributed by atoms with Crippen molar-refractivity contribution in [2.24, 2.45) is 0 Å². The van der Waals surface area contributed by atoms with E-state index in [0.29, 0.717) is 5.82 Å². The molecule has 1 aromatic carbocycles. The minimum atomic E-state index is 0.710. The molecule has 4 rings (SSSR count). The number of H-pyrrole nitrogens is 1. The molecule has 0 saturated carbocycles. The summed E-state index contributed by atoms with van der Waals surface area (Å²) < 4.78 is 0. The molecule has 4 aromatic rings. The van der Waals surface area contributed by atoms with Gasteiger partial charge in [-0.15, -0.1) is 0 Å². The Morgan fingerprint density at radius 3 is 2.85 bits per heavy atom. The largest absolute Gasteiger partial charge is 0.337 e. The first-order chi connectivity index (χ1) is 9.90. The highest BCUT2D eigenvalue weighted by Gasteiger charge is 2.06. The van der Waals surface area contributed by atoms with Crippen molar-refractivity contribution < 1.29 is 0 Å². The molecule has 0 unspecified atom stereocenters. The van der Waals surface area contributed by atoms with Gasteiger partial charge in [0.05, 0.1) is 17.9 Å². The fourth-order valence-corrected chi connectivity index (χ4v) is 2.15. The Morgan fingerprint density at radius 1 is 1.00 bits per heavy atom. The second-order valence-electron chi connectivity index (χ2n) is 4.43. The Kier molecular flexibility index (Phi) is 2.32. The highest BCUT2D eigenvalue weighted by molar-refractivity contribution is 5.90. The number of hydrogen-bond acceptors (Lipinski definition) is 5. The van der Waals surface area contributed by atoms with Crippen molar-refractivity contribution >= 4 is 33.3 Å². The molecule has 0 aliphatic rings. The molecule has 6 heteroatoms. The van der Waals surface area contributed by atoms with Crippen LogP contribution < -0.4 is 5.32 Å². The third-order valence-corrected chi connectivity index (χ3v) is 3.13. The summed E-state index contributed by atoms with van der Waals surface area (Å²) in [6.45, 7) is 0. The van der Waals surface area contributed by atoms with E-state index in [1.165, 1.54) is 0 Å². The highest BCUT2D eigenvalue weighted by Crippen LogP contribution is 2.24. The summed E-state index contributed by atoms with van der Waals surface area (Å²) in [7, 11) is 0. The number of anilines is 2. The maximum atomic E-state index is 4.32. The normalized spacial score (nSPS) is 11.0. The highest BCUT2D eigenvalue weighted by atomic mass is 15.2. The van der Waals surface area contributed by atoms with Crippen LogP contribution in [0.15, 0.2) is 48.9 Å². The third-order valence-electron chi connectivity index (χ3n) is 3.13. The van der Waals surface area contributed by atoms with E-state index in [-0.39, 0.29) is 0 Å². The minimum absolute atomic E-state index is 0.710. The number of benzene rings is 1. The van der Waals surface area contributed by atoms with Crippen LogP contribution in [0.25, 0.3) is 21.8 Å². The van der Waals surface area contributed by atoms with Crippen molar-refractivity contribution in [1.29, 1.82) is 0 Å². The van der Waals surface area contributed by atoms with Gasteiger partial charge in [-0.1, -0.05) is 6.07 Å². The number of aromatic amines is 1. The molecular weight excluding hydrogens is 252 g/mol. The van der Waals surface area contributed by atoms with Crippen molar-refractivity contribution in [2.45, 2.75) is 0 Å². The second kappa shape index (κ2) is 4.27. The number of hydrogen-bond donors (Lipinski definition) is 2. The van der Waals surface area contributed by atoms with Gasteiger partial charge in [0, 0.05) is 22.7 Å². The molecule has 0 saturated heterocycles. The van der Waals surface area contributed by atoms with Gasteiger partial charge in [0.25, 0.3) is 0 Å². The van der Waals surface area contributed by atoms with E-state index in [4.69, 9.17) is 0 Å². The number of rotatable bonds is 2. The molecule has 3 heterocycles. The van der Waals surface area contributed by atoms with Crippen LogP contribution in [0, 0.1) is 0 Å². The summed E-state index contributed by atoms with van der Waals surface area (Å²) in [4.78, 5) is 4.32. The lowest BCUT2D eigenvalue weighted by Gasteiger charge is -2.04. The predicted molar refractivity (Wildman–Crippen MR) is 76.7 cm³/mol. The Labute approximate surface area is 113 Å². The van der Waals surface area contributed by atoms with Crippen LogP contribution in [0.2, 0.25) is 0 Å². The molecule has 0 spiro atoms. The molecule has 0 radical (unpaired) electrons. The minimum Gasteiger partial charge on any atom is -0.337 e. The zero-order valence-electron chi connectivity index (χ0n) is 10.4. The van der Waals surface area contributed by atoms with Gasteiger partial charge in [-0.05, 0) is 24.3 Å². The first-order valence-electron chi connectivity index (χ1n) is 6.17. The molecule has 6 nitrogen and oxygen atoms in total. The number of nitrogens with zero attached hydrogens (tertiary/aromatic N) is 4. The Bertz CT molecular complexity index is 898. The van der Waals surface area contributed by atoms with Crippen molar-refractivity contribution in [3.63, 3.8) is 0 Å². The first-order valence-corrected chi connectivity index (χ1v) is 6.17.